The predicted octanol–water partition coefficient (Wildman–Crippen LogP) is 4.83. The number of hydrogen-bond acceptors (Lipinski definition) is 3. The van der Waals surface area contributed by atoms with Gasteiger partial charge in [-0.25, -0.2) is 0 Å². The number of Topliss-reactive ketones (excluding diaryl/α,β-unsaturated/α-hetero) is 1. The smallest absolute Gasteiger partial charge is 0.373 e. The van der Waals surface area contributed by atoms with Gasteiger partial charge in [-0.2, -0.15) is 0 Å². The molecule has 3 nitrogen and oxygen atoms in total. The summed E-state index contributed by atoms with van der Waals surface area (Å²) in [6.07, 6.45) is 0.507. The van der Waals surface area contributed by atoms with Crippen LogP contribution in [0, 0.1) is 0 Å². The number of benzene rings is 3. The van der Waals surface area contributed by atoms with Crippen molar-refractivity contribution in [3.05, 3.63) is 72.3 Å². The van der Waals surface area contributed by atoms with Crippen molar-refractivity contribution in [2.45, 2.75) is 19.2 Å². The fourth-order valence-corrected chi connectivity index (χ4v) is 3.39. The quantitative estimate of drug-likeness (QED) is 0.535. The Morgan fingerprint density at radius 2 is 1.54 bits per heavy atom. The fourth-order valence-electron chi connectivity index (χ4n) is 3.39. The van der Waals surface area contributed by atoms with Crippen LogP contribution in [0.2, 0.25) is 5.82 Å². The van der Waals surface area contributed by atoms with Crippen molar-refractivity contribution in [1.29, 1.82) is 0 Å². The van der Waals surface area contributed by atoms with Gasteiger partial charge in [-0.3, -0.25) is 4.79 Å². The second kappa shape index (κ2) is 6.04. The van der Waals surface area contributed by atoms with Crippen LogP contribution < -0.4 is 10.5 Å². The Kier molecular flexibility index (Phi) is 3.73. The molecule has 0 bridgehead atoms. The van der Waals surface area contributed by atoms with E-state index in [1.54, 1.807) is 0 Å². The van der Waals surface area contributed by atoms with Gasteiger partial charge in [-0.15, -0.1) is 0 Å². The van der Waals surface area contributed by atoms with E-state index in [-0.39, 0.29) is 18.6 Å². The largest absolute Gasteiger partial charge is 0.409 e. The summed E-state index contributed by atoms with van der Waals surface area (Å²) in [4.78, 5) is 12.5. The highest BCUT2D eigenvalue weighted by molar-refractivity contribution is 6.69. The lowest BCUT2D eigenvalue weighted by atomic mass is 9.59. The van der Waals surface area contributed by atoms with Crippen LogP contribution in [0.4, 0.5) is 11.4 Å². The number of carbonyl (C=O) groups is 1. The molecule has 0 radical (unpaired) electrons. The van der Waals surface area contributed by atoms with E-state index in [0.29, 0.717) is 6.42 Å². The molecule has 1 heterocycles. The Morgan fingerprint density at radius 3 is 2.17 bits per heavy atom. The zero-order chi connectivity index (χ0) is 16.5. The van der Waals surface area contributed by atoms with Crippen molar-refractivity contribution in [3.8, 4) is 0 Å². The van der Waals surface area contributed by atoms with E-state index in [0.717, 1.165) is 16.9 Å². The van der Waals surface area contributed by atoms with Crippen LogP contribution in [-0.2, 0) is 0 Å². The molecule has 118 valence electrons. The Morgan fingerprint density at radius 1 is 0.917 bits per heavy atom. The van der Waals surface area contributed by atoms with Crippen molar-refractivity contribution >= 4 is 34.9 Å². The van der Waals surface area contributed by atoms with E-state index in [1.165, 1.54) is 10.8 Å². The van der Waals surface area contributed by atoms with Crippen molar-refractivity contribution in [1.82, 2.24) is 0 Å². The molecule has 3 aromatic carbocycles. The summed E-state index contributed by atoms with van der Waals surface area (Å²) in [6, 6.07) is 22.1. The summed E-state index contributed by atoms with van der Waals surface area (Å²) < 4.78 is 0. The van der Waals surface area contributed by atoms with Gasteiger partial charge >= 0.3 is 6.98 Å². The molecule has 24 heavy (non-hydrogen) atoms. The number of rotatable bonds is 4. The third-order valence-corrected chi connectivity index (χ3v) is 4.70. The first-order valence-electron chi connectivity index (χ1n) is 8.35. The van der Waals surface area contributed by atoms with Gasteiger partial charge in [0.1, 0.15) is 0 Å². The van der Waals surface area contributed by atoms with Crippen molar-refractivity contribution < 1.29 is 4.79 Å². The van der Waals surface area contributed by atoms with Gasteiger partial charge in [-0.1, -0.05) is 61.5 Å². The SMILES string of the molecule is CC(CC(=O)c1ccccc1)B1Nc2cccc3cccc(c23)N1. The van der Waals surface area contributed by atoms with Gasteiger partial charge in [0.05, 0.1) is 0 Å². The first kappa shape index (κ1) is 14.8. The third kappa shape index (κ3) is 2.64. The highest BCUT2D eigenvalue weighted by Gasteiger charge is 2.30. The maximum atomic E-state index is 12.5. The molecule has 1 unspecified atom stereocenters. The summed E-state index contributed by atoms with van der Waals surface area (Å²) in [6.45, 7) is 2.15. The molecule has 4 rings (SSSR count). The molecule has 3 aromatic rings. The lowest BCUT2D eigenvalue weighted by molar-refractivity contribution is 0.0981. The molecule has 0 spiro atoms. The number of ketones is 1. The third-order valence-electron chi connectivity index (χ3n) is 4.70. The van der Waals surface area contributed by atoms with Gasteiger partial charge in [-0.05, 0) is 23.3 Å². The van der Waals surface area contributed by atoms with Crippen LogP contribution in [-0.4, -0.2) is 12.8 Å². The Labute approximate surface area is 142 Å². The molecule has 0 saturated carbocycles. The predicted molar refractivity (Wildman–Crippen MR) is 102 cm³/mol. The lowest BCUT2D eigenvalue weighted by Crippen LogP contribution is -2.41. The molecule has 0 aliphatic carbocycles. The first-order valence-corrected chi connectivity index (χ1v) is 8.35. The summed E-state index contributed by atoms with van der Waals surface area (Å²) >= 11 is 0. The molecule has 1 aliphatic rings. The van der Waals surface area contributed by atoms with E-state index >= 15 is 0 Å². The van der Waals surface area contributed by atoms with Crippen LogP contribution in [0.1, 0.15) is 23.7 Å². The highest BCUT2D eigenvalue weighted by Crippen LogP contribution is 2.36. The van der Waals surface area contributed by atoms with Crippen molar-refractivity contribution in [2.75, 3.05) is 10.5 Å². The minimum absolute atomic E-state index is 0.0400. The highest BCUT2D eigenvalue weighted by atomic mass is 16.1. The fraction of sp³-hybridized carbons (Fsp3) is 0.150. The summed E-state index contributed by atoms with van der Waals surface area (Å²) in [5.74, 6) is 0.352. The molecular weight excluding hydrogens is 295 g/mol. The average Bonchev–Trinajstić information content (AvgIpc) is 2.63. The molecule has 2 N–H and O–H groups in total. The van der Waals surface area contributed by atoms with Gasteiger partial charge < -0.3 is 10.5 Å². The van der Waals surface area contributed by atoms with E-state index in [2.05, 4.69) is 53.8 Å². The Hall–Kier alpha value is -2.75. The average molecular weight is 314 g/mol. The molecule has 0 aromatic heterocycles. The van der Waals surface area contributed by atoms with Gasteiger partial charge in [0.15, 0.2) is 5.78 Å². The topological polar surface area (TPSA) is 41.1 Å². The number of anilines is 2. The maximum Gasteiger partial charge on any atom is 0.373 e. The molecule has 0 fully saturated rings. The number of hydrogen-bond donors (Lipinski definition) is 2. The van der Waals surface area contributed by atoms with E-state index in [9.17, 15) is 4.79 Å². The van der Waals surface area contributed by atoms with Crippen LogP contribution in [0.5, 0.6) is 0 Å². The second-order valence-electron chi connectivity index (χ2n) is 6.45. The first-order chi connectivity index (χ1) is 11.7. The Balaban J connectivity index is 1.55. The Bertz CT molecular complexity index is 854. The van der Waals surface area contributed by atoms with E-state index in [4.69, 9.17) is 0 Å². The molecule has 1 atom stereocenters. The van der Waals surface area contributed by atoms with E-state index < -0.39 is 0 Å². The van der Waals surface area contributed by atoms with Crippen LogP contribution in [0.3, 0.4) is 0 Å². The van der Waals surface area contributed by atoms with Crippen molar-refractivity contribution in [3.63, 3.8) is 0 Å². The number of nitrogens with one attached hydrogen (secondary N) is 2. The molecule has 4 heteroatoms. The molecule has 0 amide bonds. The minimum atomic E-state index is 0.0400. The molecular formula is C20H19BN2O. The van der Waals surface area contributed by atoms with Gasteiger partial charge in [0, 0.05) is 28.7 Å². The second-order valence-corrected chi connectivity index (χ2v) is 6.45. The van der Waals surface area contributed by atoms with Crippen LogP contribution >= 0.6 is 0 Å². The van der Waals surface area contributed by atoms with Crippen LogP contribution in [0.15, 0.2) is 66.7 Å². The van der Waals surface area contributed by atoms with E-state index in [1.807, 2.05) is 30.3 Å². The zero-order valence-corrected chi connectivity index (χ0v) is 13.6. The summed E-state index contributed by atoms with van der Waals surface area (Å²) in [5.41, 5.74) is 3.04. The van der Waals surface area contributed by atoms with Crippen molar-refractivity contribution in [2.24, 2.45) is 0 Å². The lowest BCUT2D eigenvalue weighted by Gasteiger charge is -2.30. The summed E-state index contributed by atoms with van der Waals surface area (Å²) in [7, 11) is 0. The van der Waals surface area contributed by atoms with Gasteiger partial charge in [0.25, 0.3) is 0 Å². The maximum absolute atomic E-state index is 12.5. The van der Waals surface area contributed by atoms with Gasteiger partial charge in [0.2, 0.25) is 0 Å². The van der Waals surface area contributed by atoms with Crippen LogP contribution in [0.25, 0.3) is 10.8 Å². The minimum Gasteiger partial charge on any atom is -0.409 e. The normalized spacial score (nSPS) is 14.0. The molecule has 1 aliphatic heterocycles. The summed E-state index contributed by atoms with van der Waals surface area (Å²) in [5, 5.41) is 9.55. The monoisotopic (exact) mass is 314 g/mol. The number of carbonyl (C=O) groups excluding carboxylic acids is 1. The molecule has 0 saturated heterocycles. The zero-order valence-electron chi connectivity index (χ0n) is 13.6. The standard InChI is InChI=1S/C20H19BN2O/c1-14(13-19(24)15-7-3-2-4-8-15)21-22-17-11-5-9-16-10-6-12-18(23-21)20(16)17/h2-12,14,22-23H,13H2,1H3.